The quantitative estimate of drug-likeness (QED) is 0.700. The fourth-order valence-electron chi connectivity index (χ4n) is 1.81. The predicted molar refractivity (Wildman–Crippen MR) is 71.9 cm³/mol. The van der Waals surface area contributed by atoms with Gasteiger partial charge in [-0.25, -0.2) is 9.18 Å². The third-order valence-electron chi connectivity index (χ3n) is 2.88. The van der Waals surface area contributed by atoms with E-state index in [-0.39, 0.29) is 18.2 Å². The summed E-state index contributed by atoms with van der Waals surface area (Å²) in [6.07, 6.45) is 0.552. The van der Waals surface area contributed by atoms with Gasteiger partial charge in [0.15, 0.2) is 0 Å². The van der Waals surface area contributed by atoms with E-state index in [0.29, 0.717) is 25.1 Å². The Morgan fingerprint density at radius 1 is 1.45 bits per heavy atom. The van der Waals surface area contributed by atoms with Crippen LogP contribution in [0.3, 0.4) is 0 Å². The summed E-state index contributed by atoms with van der Waals surface area (Å²) in [6, 6.07) is 4.34. The number of halogens is 1. The first kappa shape index (κ1) is 16.6. The Morgan fingerprint density at radius 3 is 2.75 bits per heavy atom. The lowest BCUT2D eigenvalue weighted by molar-refractivity contribution is 0.0595. The number of hydrogen-bond donors (Lipinski definition) is 2. The number of ether oxygens (including phenoxy) is 2. The summed E-state index contributed by atoms with van der Waals surface area (Å²) in [5.74, 6) is -1.30. The number of aliphatic hydroxyl groups excluding tert-OH is 1. The molecule has 0 amide bonds. The predicted octanol–water partition coefficient (Wildman–Crippen LogP) is 1.10. The highest BCUT2D eigenvalue weighted by Gasteiger charge is 2.13. The van der Waals surface area contributed by atoms with Crippen molar-refractivity contribution in [1.29, 1.82) is 0 Å². The lowest BCUT2D eigenvalue weighted by Crippen LogP contribution is -2.33. The molecule has 1 aromatic carbocycles. The highest BCUT2D eigenvalue weighted by molar-refractivity contribution is 5.89. The molecule has 20 heavy (non-hydrogen) atoms. The molecule has 1 aromatic rings. The molecule has 112 valence electrons. The molecular formula is C14H20FNO4. The van der Waals surface area contributed by atoms with Crippen molar-refractivity contribution in [3.8, 4) is 0 Å². The molecule has 1 rings (SSSR count). The molecule has 5 nitrogen and oxygen atoms in total. The zero-order valence-electron chi connectivity index (χ0n) is 11.7. The van der Waals surface area contributed by atoms with Crippen LogP contribution in [0.1, 0.15) is 22.3 Å². The summed E-state index contributed by atoms with van der Waals surface area (Å²) in [6.45, 7) is 0.937. The number of benzene rings is 1. The Balaban J connectivity index is 2.64. The number of hydrogen-bond acceptors (Lipinski definition) is 5. The molecule has 0 aliphatic heterocycles. The average Bonchev–Trinajstić information content (AvgIpc) is 2.44. The molecule has 1 unspecified atom stereocenters. The second kappa shape index (κ2) is 8.63. The van der Waals surface area contributed by atoms with Crippen molar-refractivity contribution in [2.24, 2.45) is 0 Å². The van der Waals surface area contributed by atoms with Crippen LogP contribution < -0.4 is 5.32 Å². The van der Waals surface area contributed by atoms with Gasteiger partial charge in [-0.3, -0.25) is 0 Å². The van der Waals surface area contributed by atoms with Crippen LogP contribution in [0.4, 0.5) is 4.39 Å². The van der Waals surface area contributed by atoms with Crippen LogP contribution in [0.5, 0.6) is 0 Å². The number of carbonyl (C=O) groups excluding carboxylic acids is 1. The maximum absolute atomic E-state index is 13.7. The van der Waals surface area contributed by atoms with E-state index in [1.54, 1.807) is 13.2 Å². The molecule has 0 spiro atoms. The van der Waals surface area contributed by atoms with Crippen molar-refractivity contribution in [3.05, 3.63) is 35.1 Å². The lowest BCUT2D eigenvalue weighted by atomic mass is 10.1. The summed E-state index contributed by atoms with van der Waals surface area (Å²) in [5, 5.41) is 12.1. The van der Waals surface area contributed by atoms with Gasteiger partial charge >= 0.3 is 5.97 Å². The zero-order valence-corrected chi connectivity index (χ0v) is 11.7. The van der Waals surface area contributed by atoms with Gasteiger partial charge in [0.25, 0.3) is 0 Å². The Bertz CT molecular complexity index is 433. The van der Waals surface area contributed by atoms with Gasteiger partial charge in [0.05, 0.1) is 19.3 Å². The van der Waals surface area contributed by atoms with Gasteiger partial charge in [0.2, 0.25) is 0 Å². The standard InChI is InChI=1S/C14H20FNO4/c1-19-9-11(5-6-17)16-8-10-3-4-12(13(15)7-10)14(18)20-2/h3-4,7,11,16-17H,5-6,8-9H2,1-2H3. The molecule has 0 bridgehead atoms. The molecule has 0 fully saturated rings. The highest BCUT2D eigenvalue weighted by atomic mass is 19.1. The SMILES string of the molecule is COCC(CCO)NCc1ccc(C(=O)OC)c(F)c1. The maximum atomic E-state index is 13.7. The van der Waals surface area contributed by atoms with Crippen LogP contribution in [0, 0.1) is 5.82 Å². The van der Waals surface area contributed by atoms with E-state index in [1.807, 2.05) is 0 Å². The van der Waals surface area contributed by atoms with Crippen molar-refractivity contribution in [1.82, 2.24) is 5.32 Å². The minimum atomic E-state index is -0.695. The zero-order chi connectivity index (χ0) is 15.0. The normalized spacial score (nSPS) is 12.2. The highest BCUT2D eigenvalue weighted by Crippen LogP contribution is 2.12. The monoisotopic (exact) mass is 285 g/mol. The fraction of sp³-hybridized carbons (Fsp3) is 0.500. The van der Waals surface area contributed by atoms with Gasteiger partial charge in [0, 0.05) is 26.3 Å². The van der Waals surface area contributed by atoms with E-state index in [2.05, 4.69) is 10.1 Å². The average molecular weight is 285 g/mol. The fourth-order valence-corrected chi connectivity index (χ4v) is 1.81. The third-order valence-corrected chi connectivity index (χ3v) is 2.88. The van der Waals surface area contributed by atoms with Gasteiger partial charge < -0.3 is 19.9 Å². The van der Waals surface area contributed by atoms with Crippen molar-refractivity contribution in [2.45, 2.75) is 19.0 Å². The second-order valence-corrected chi connectivity index (χ2v) is 4.35. The number of carbonyl (C=O) groups is 1. The largest absolute Gasteiger partial charge is 0.465 e. The van der Waals surface area contributed by atoms with E-state index in [4.69, 9.17) is 9.84 Å². The first-order chi connectivity index (χ1) is 9.62. The Labute approximate surface area is 117 Å². The molecule has 0 aliphatic carbocycles. The molecule has 0 aliphatic rings. The molecular weight excluding hydrogens is 265 g/mol. The van der Waals surface area contributed by atoms with Gasteiger partial charge in [-0.05, 0) is 24.1 Å². The molecule has 0 aromatic heterocycles. The molecule has 0 saturated heterocycles. The van der Waals surface area contributed by atoms with Gasteiger partial charge in [0.1, 0.15) is 5.82 Å². The van der Waals surface area contributed by atoms with Crippen LogP contribution in [-0.4, -0.2) is 44.6 Å². The Kier molecular flexibility index (Phi) is 7.14. The molecule has 6 heteroatoms. The maximum Gasteiger partial charge on any atom is 0.340 e. The number of esters is 1. The van der Waals surface area contributed by atoms with Crippen LogP contribution in [0.15, 0.2) is 18.2 Å². The number of rotatable bonds is 8. The number of aliphatic hydroxyl groups is 1. The number of methoxy groups -OCH3 is 2. The second-order valence-electron chi connectivity index (χ2n) is 4.35. The van der Waals surface area contributed by atoms with Crippen molar-refractivity contribution in [2.75, 3.05) is 27.4 Å². The Hall–Kier alpha value is -1.50. The summed E-state index contributed by atoms with van der Waals surface area (Å²) < 4.78 is 23.2. The first-order valence-electron chi connectivity index (χ1n) is 6.32. The van der Waals surface area contributed by atoms with E-state index in [0.717, 1.165) is 0 Å². The van der Waals surface area contributed by atoms with E-state index < -0.39 is 11.8 Å². The molecule has 2 N–H and O–H groups in total. The topological polar surface area (TPSA) is 67.8 Å². The molecule has 1 atom stereocenters. The van der Waals surface area contributed by atoms with Gasteiger partial charge in [-0.15, -0.1) is 0 Å². The van der Waals surface area contributed by atoms with Crippen molar-refractivity contribution < 1.29 is 23.8 Å². The summed E-state index contributed by atoms with van der Waals surface area (Å²) in [5.41, 5.74) is 0.620. The summed E-state index contributed by atoms with van der Waals surface area (Å²) in [4.78, 5) is 11.3. The molecule has 0 heterocycles. The Morgan fingerprint density at radius 2 is 2.20 bits per heavy atom. The van der Waals surface area contributed by atoms with Crippen LogP contribution in [0.2, 0.25) is 0 Å². The van der Waals surface area contributed by atoms with Crippen LogP contribution in [0.25, 0.3) is 0 Å². The lowest BCUT2D eigenvalue weighted by Gasteiger charge is -2.17. The van der Waals surface area contributed by atoms with Gasteiger partial charge in [-0.1, -0.05) is 6.07 Å². The smallest absolute Gasteiger partial charge is 0.340 e. The van der Waals surface area contributed by atoms with Crippen molar-refractivity contribution >= 4 is 5.97 Å². The summed E-state index contributed by atoms with van der Waals surface area (Å²) >= 11 is 0. The minimum absolute atomic E-state index is 0.00616. The van der Waals surface area contributed by atoms with Gasteiger partial charge in [-0.2, -0.15) is 0 Å². The molecule has 0 radical (unpaired) electrons. The summed E-state index contributed by atoms with van der Waals surface area (Å²) in [7, 11) is 2.79. The van der Waals surface area contributed by atoms with E-state index in [9.17, 15) is 9.18 Å². The number of nitrogens with one attached hydrogen (secondary N) is 1. The van der Waals surface area contributed by atoms with Crippen LogP contribution in [-0.2, 0) is 16.0 Å². The van der Waals surface area contributed by atoms with E-state index >= 15 is 0 Å². The van der Waals surface area contributed by atoms with Crippen molar-refractivity contribution in [3.63, 3.8) is 0 Å². The van der Waals surface area contributed by atoms with Crippen LogP contribution >= 0.6 is 0 Å². The third kappa shape index (κ3) is 4.88. The minimum Gasteiger partial charge on any atom is -0.465 e. The van der Waals surface area contributed by atoms with E-state index in [1.165, 1.54) is 19.2 Å². The molecule has 0 saturated carbocycles. The first-order valence-corrected chi connectivity index (χ1v) is 6.32.